The van der Waals surface area contributed by atoms with Gasteiger partial charge in [0.2, 0.25) is 5.91 Å². The van der Waals surface area contributed by atoms with E-state index in [1.54, 1.807) is 67.6 Å². The lowest BCUT2D eigenvalue weighted by Crippen LogP contribution is -2.38. The zero-order valence-electron chi connectivity index (χ0n) is 18.9. The minimum atomic E-state index is -4.03. The number of amides is 1. The minimum Gasteiger partial charge on any atom is -0.457 e. The molecule has 0 aromatic heterocycles. The van der Waals surface area contributed by atoms with Gasteiger partial charge in [-0.2, -0.15) is 0 Å². The first-order chi connectivity index (χ1) is 16.8. The molecule has 0 aliphatic heterocycles. The average Bonchev–Trinajstić information content (AvgIpc) is 2.86. The quantitative estimate of drug-likeness (QED) is 0.305. The summed E-state index contributed by atoms with van der Waals surface area (Å²) in [7, 11) is -4.03. The van der Waals surface area contributed by atoms with Crippen molar-refractivity contribution in [3.8, 4) is 11.5 Å². The van der Waals surface area contributed by atoms with E-state index in [1.807, 2.05) is 30.3 Å². The van der Waals surface area contributed by atoms with Gasteiger partial charge in [0.25, 0.3) is 10.0 Å². The largest absolute Gasteiger partial charge is 0.457 e. The van der Waals surface area contributed by atoms with Crippen molar-refractivity contribution in [2.24, 2.45) is 0 Å². The maximum Gasteiger partial charge on any atom is 0.264 e. The second kappa shape index (κ2) is 10.6. The molecule has 0 bridgehead atoms. The van der Waals surface area contributed by atoms with Crippen LogP contribution in [0.1, 0.15) is 5.56 Å². The van der Waals surface area contributed by atoms with E-state index in [2.05, 4.69) is 5.32 Å². The van der Waals surface area contributed by atoms with Crippen LogP contribution in [0.4, 0.5) is 11.4 Å². The molecule has 0 aliphatic carbocycles. The van der Waals surface area contributed by atoms with Crippen LogP contribution in [0.15, 0.2) is 108 Å². The Kier molecular flexibility index (Phi) is 7.39. The maximum atomic E-state index is 13.5. The molecule has 0 saturated heterocycles. The van der Waals surface area contributed by atoms with E-state index in [9.17, 15) is 13.2 Å². The summed E-state index contributed by atoms with van der Waals surface area (Å²) in [4.78, 5) is 13.0. The topological polar surface area (TPSA) is 75.7 Å². The first kappa shape index (κ1) is 24.3. The van der Waals surface area contributed by atoms with Crippen molar-refractivity contribution >= 4 is 38.9 Å². The molecule has 1 N–H and O–H groups in total. The van der Waals surface area contributed by atoms with Gasteiger partial charge in [-0.05, 0) is 73.2 Å². The van der Waals surface area contributed by atoms with E-state index in [0.29, 0.717) is 33.5 Å². The second-order valence-electron chi connectivity index (χ2n) is 7.74. The smallest absolute Gasteiger partial charge is 0.264 e. The van der Waals surface area contributed by atoms with Crippen LogP contribution < -0.4 is 14.4 Å². The Morgan fingerprint density at radius 2 is 1.46 bits per heavy atom. The molecular weight excluding hydrogens is 484 g/mol. The van der Waals surface area contributed by atoms with Crippen LogP contribution in [-0.2, 0) is 14.8 Å². The number of carbonyl (C=O) groups excluding carboxylic acids is 1. The molecule has 0 fully saturated rings. The maximum absolute atomic E-state index is 13.5. The molecule has 4 aromatic carbocycles. The van der Waals surface area contributed by atoms with Crippen molar-refractivity contribution in [2.75, 3.05) is 16.2 Å². The number of nitrogens with zero attached hydrogens (tertiary/aromatic N) is 1. The van der Waals surface area contributed by atoms with Gasteiger partial charge in [0.1, 0.15) is 18.0 Å². The predicted molar refractivity (Wildman–Crippen MR) is 139 cm³/mol. The van der Waals surface area contributed by atoms with Gasteiger partial charge < -0.3 is 10.1 Å². The van der Waals surface area contributed by atoms with Crippen molar-refractivity contribution in [3.63, 3.8) is 0 Å². The Hall–Kier alpha value is -3.81. The van der Waals surface area contributed by atoms with Crippen LogP contribution in [0, 0.1) is 6.92 Å². The zero-order chi connectivity index (χ0) is 24.8. The molecule has 0 radical (unpaired) electrons. The number of benzene rings is 4. The summed E-state index contributed by atoms with van der Waals surface area (Å²) in [6.07, 6.45) is 0. The fraction of sp³-hybridized carbons (Fsp3) is 0.0741. The van der Waals surface area contributed by atoms with E-state index in [1.165, 1.54) is 12.1 Å². The number of halogens is 1. The SMILES string of the molecule is Cc1ccc(Cl)cc1N(CC(=O)Nc1ccc(Oc2ccccc2)cc1)S(=O)(=O)c1ccccc1. The molecule has 4 aromatic rings. The molecule has 35 heavy (non-hydrogen) atoms. The van der Waals surface area contributed by atoms with Crippen molar-refractivity contribution in [3.05, 3.63) is 114 Å². The second-order valence-corrected chi connectivity index (χ2v) is 10.0. The van der Waals surface area contributed by atoms with Gasteiger partial charge >= 0.3 is 0 Å². The third-order valence-corrected chi connectivity index (χ3v) is 7.18. The number of hydrogen-bond donors (Lipinski definition) is 1. The number of hydrogen-bond acceptors (Lipinski definition) is 4. The lowest BCUT2D eigenvalue weighted by Gasteiger charge is -2.26. The van der Waals surface area contributed by atoms with Gasteiger partial charge in [-0.15, -0.1) is 0 Å². The van der Waals surface area contributed by atoms with Crippen molar-refractivity contribution in [1.82, 2.24) is 0 Å². The fourth-order valence-electron chi connectivity index (χ4n) is 3.43. The summed E-state index contributed by atoms with van der Waals surface area (Å²) in [5, 5.41) is 3.13. The number of anilines is 2. The van der Waals surface area contributed by atoms with E-state index >= 15 is 0 Å². The van der Waals surface area contributed by atoms with E-state index in [-0.39, 0.29) is 4.90 Å². The Labute approximate surface area is 209 Å². The molecule has 0 aliphatic rings. The predicted octanol–water partition coefficient (Wildman–Crippen LogP) is 6.27. The zero-order valence-corrected chi connectivity index (χ0v) is 20.5. The molecule has 6 nitrogen and oxygen atoms in total. The molecule has 8 heteroatoms. The van der Waals surface area contributed by atoms with Crippen molar-refractivity contribution < 1.29 is 17.9 Å². The van der Waals surface area contributed by atoms with Crippen LogP contribution >= 0.6 is 11.6 Å². The summed E-state index contributed by atoms with van der Waals surface area (Å²) in [6.45, 7) is 1.34. The monoisotopic (exact) mass is 506 g/mol. The molecule has 0 unspecified atom stereocenters. The highest BCUT2D eigenvalue weighted by Gasteiger charge is 2.28. The summed E-state index contributed by atoms with van der Waals surface area (Å²) >= 11 is 6.16. The van der Waals surface area contributed by atoms with Crippen LogP contribution in [0.5, 0.6) is 11.5 Å². The Morgan fingerprint density at radius 3 is 2.11 bits per heavy atom. The number of nitrogens with one attached hydrogen (secondary N) is 1. The van der Waals surface area contributed by atoms with Gasteiger partial charge in [0.05, 0.1) is 10.6 Å². The Morgan fingerprint density at radius 1 is 0.857 bits per heavy atom. The molecular formula is C27H23ClN2O4S. The van der Waals surface area contributed by atoms with Crippen LogP contribution in [0.2, 0.25) is 5.02 Å². The highest BCUT2D eigenvalue weighted by atomic mass is 35.5. The number of rotatable bonds is 8. The average molecular weight is 507 g/mol. The third-order valence-electron chi connectivity index (χ3n) is 5.18. The van der Waals surface area contributed by atoms with E-state index in [0.717, 1.165) is 4.31 Å². The summed E-state index contributed by atoms with van der Waals surface area (Å²) < 4.78 is 33.8. The van der Waals surface area contributed by atoms with Gasteiger partial charge in [-0.3, -0.25) is 9.10 Å². The summed E-state index contributed by atoms with van der Waals surface area (Å²) in [6, 6.07) is 29.1. The number of para-hydroxylation sites is 1. The molecule has 178 valence electrons. The Bertz CT molecular complexity index is 1410. The number of sulfonamides is 1. The molecule has 1 amide bonds. The van der Waals surface area contributed by atoms with Crippen LogP contribution in [0.3, 0.4) is 0 Å². The van der Waals surface area contributed by atoms with Gasteiger partial charge in [-0.1, -0.05) is 54.1 Å². The highest BCUT2D eigenvalue weighted by Crippen LogP contribution is 2.30. The minimum absolute atomic E-state index is 0.0783. The fourth-order valence-corrected chi connectivity index (χ4v) is 5.10. The van der Waals surface area contributed by atoms with E-state index in [4.69, 9.17) is 16.3 Å². The lowest BCUT2D eigenvalue weighted by molar-refractivity contribution is -0.114. The molecule has 0 saturated carbocycles. The van der Waals surface area contributed by atoms with Crippen molar-refractivity contribution in [1.29, 1.82) is 0 Å². The summed E-state index contributed by atoms with van der Waals surface area (Å²) in [5.74, 6) is 0.806. The lowest BCUT2D eigenvalue weighted by atomic mass is 10.2. The normalized spacial score (nSPS) is 11.0. The molecule has 4 rings (SSSR count). The molecule has 0 spiro atoms. The number of ether oxygens (including phenoxy) is 1. The summed E-state index contributed by atoms with van der Waals surface area (Å²) in [5.41, 5.74) is 1.52. The van der Waals surface area contributed by atoms with E-state index < -0.39 is 22.5 Å². The first-order valence-corrected chi connectivity index (χ1v) is 12.6. The molecule has 0 heterocycles. The van der Waals surface area contributed by atoms with Gasteiger partial charge in [-0.25, -0.2) is 8.42 Å². The van der Waals surface area contributed by atoms with Crippen LogP contribution in [-0.4, -0.2) is 20.9 Å². The van der Waals surface area contributed by atoms with Gasteiger partial charge in [0.15, 0.2) is 0 Å². The highest BCUT2D eigenvalue weighted by molar-refractivity contribution is 7.92. The Balaban J connectivity index is 1.55. The molecule has 0 atom stereocenters. The number of carbonyl (C=O) groups is 1. The van der Waals surface area contributed by atoms with Crippen LogP contribution in [0.25, 0.3) is 0 Å². The third kappa shape index (κ3) is 6.01. The first-order valence-electron chi connectivity index (χ1n) is 10.8. The van der Waals surface area contributed by atoms with Crippen molar-refractivity contribution in [2.45, 2.75) is 11.8 Å². The van der Waals surface area contributed by atoms with Gasteiger partial charge in [0, 0.05) is 10.7 Å². The number of aryl methyl sites for hydroxylation is 1. The standard InChI is InChI=1S/C27H23ClN2O4S/c1-20-12-13-21(28)18-26(20)30(35(32,33)25-10-6-3-7-11-25)19-27(31)29-22-14-16-24(17-15-22)34-23-8-4-2-5-9-23/h2-18H,19H2,1H3,(H,29,31).